The Balaban J connectivity index is 2.15. The summed E-state index contributed by atoms with van der Waals surface area (Å²) in [6.45, 7) is 0.324. The van der Waals surface area contributed by atoms with Crippen molar-refractivity contribution in [3.63, 3.8) is 0 Å². The average Bonchev–Trinajstić information content (AvgIpc) is 2.47. The van der Waals surface area contributed by atoms with E-state index in [-0.39, 0.29) is 11.3 Å². The summed E-state index contributed by atoms with van der Waals surface area (Å²) in [6.07, 6.45) is 0. The SMILES string of the molecule is N#Cc1cc(NCc2ccc(Br)c([N+](=O)[O-])c2)ccc1F. The van der Waals surface area contributed by atoms with Crippen LogP contribution in [0.4, 0.5) is 15.8 Å². The van der Waals surface area contributed by atoms with Crippen molar-refractivity contribution >= 4 is 27.3 Å². The van der Waals surface area contributed by atoms with Gasteiger partial charge in [-0.1, -0.05) is 6.07 Å². The normalized spacial score (nSPS) is 9.95. The van der Waals surface area contributed by atoms with E-state index >= 15 is 0 Å². The molecule has 0 amide bonds. The lowest BCUT2D eigenvalue weighted by atomic mass is 10.1. The van der Waals surface area contributed by atoms with Gasteiger partial charge in [0, 0.05) is 18.3 Å². The number of nitro benzene ring substituents is 1. The van der Waals surface area contributed by atoms with Crippen molar-refractivity contribution in [2.45, 2.75) is 6.54 Å². The lowest BCUT2D eigenvalue weighted by Gasteiger charge is -2.07. The van der Waals surface area contributed by atoms with Crippen LogP contribution in [0.3, 0.4) is 0 Å². The molecule has 0 aromatic heterocycles. The fraction of sp³-hybridized carbons (Fsp3) is 0.0714. The van der Waals surface area contributed by atoms with Crippen molar-refractivity contribution < 1.29 is 9.31 Å². The summed E-state index contributed by atoms with van der Waals surface area (Å²) in [5.41, 5.74) is 1.19. The second kappa shape index (κ2) is 6.33. The number of rotatable bonds is 4. The van der Waals surface area contributed by atoms with Crippen LogP contribution in [-0.4, -0.2) is 4.92 Å². The molecule has 0 aliphatic heterocycles. The van der Waals surface area contributed by atoms with Crippen LogP contribution in [0.25, 0.3) is 0 Å². The molecule has 0 saturated heterocycles. The van der Waals surface area contributed by atoms with E-state index in [1.54, 1.807) is 18.2 Å². The van der Waals surface area contributed by atoms with Crippen molar-refractivity contribution in [1.29, 1.82) is 5.26 Å². The van der Waals surface area contributed by atoms with Gasteiger partial charge in [-0.05, 0) is 45.8 Å². The molecule has 0 bridgehead atoms. The molecule has 2 aromatic carbocycles. The molecule has 0 aliphatic rings. The summed E-state index contributed by atoms with van der Waals surface area (Å²) in [6, 6.07) is 10.6. The maximum absolute atomic E-state index is 13.2. The van der Waals surface area contributed by atoms with E-state index in [1.165, 1.54) is 24.3 Å². The molecule has 0 unspecified atom stereocenters. The van der Waals surface area contributed by atoms with Gasteiger partial charge in [-0.15, -0.1) is 0 Å². The fourth-order valence-electron chi connectivity index (χ4n) is 1.73. The zero-order valence-electron chi connectivity index (χ0n) is 10.6. The molecule has 106 valence electrons. The minimum atomic E-state index is -0.581. The molecule has 5 nitrogen and oxygen atoms in total. The second-order valence-corrected chi connectivity index (χ2v) is 5.06. The Morgan fingerprint density at radius 2 is 2.10 bits per heavy atom. The molecule has 0 heterocycles. The Kier molecular flexibility index (Phi) is 4.50. The Bertz CT molecular complexity index is 743. The molecule has 0 aliphatic carbocycles. The quantitative estimate of drug-likeness (QED) is 0.668. The van der Waals surface area contributed by atoms with Gasteiger partial charge in [0.2, 0.25) is 0 Å². The highest BCUT2D eigenvalue weighted by molar-refractivity contribution is 9.10. The van der Waals surface area contributed by atoms with Crippen molar-refractivity contribution in [2.75, 3.05) is 5.32 Å². The highest BCUT2D eigenvalue weighted by Gasteiger charge is 2.12. The van der Waals surface area contributed by atoms with E-state index in [0.717, 1.165) is 0 Å². The van der Waals surface area contributed by atoms with Crippen LogP contribution < -0.4 is 5.32 Å². The molecule has 1 N–H and O–H groups in total. The van der Waals surface area contributed by atoms with E-state index in [1.807, 2.05) is 0 Å². The summed E-state index contributed by atoms with van der Waals surface area (Å²) in [5.74, 6) is -0.581. The molecule has 7 heteroatoms. The third-order valence-corrected chi connectivity index (χ3v) is 3.46. The third-order valence-electron chi connectivity index (χ3n) is 2.79. The number of nitrogens with zero attached hydrogens (tertiary/aromatic N) is 2. The summed E-state index contributed by atoms with van der Waals surface area (Å²) in [4.78, 5) is 10.4. The van der Waals surface area contributed by atoms with Crippen LogP contribution in [0.15, 0.2) is 40.9 Å². The maximum Gasteiger partial charge on any atom is 0.283 e. The highest BCUT2D eigenvalue weighted by atomic mass is 79.9. The molecule has 2 rings (SSSR count). The fourth-order valence-corrected chi connectivity index (χ4v) is 2.12. The predicted molar refractivity (Wildman–Crippen MR) is 79.2 cm³/mol. The second-order valence-electron chi connectivity index (χ2n) is 4.20. The number of nitriles is 1. The van der Waals surface area contributed by atoms with Gasteiger partial charge in [-0.3, -0.25) is 10.1 Å². The first-order valence-electron chi connectivity index (χ1n) is 5.87. The molecule has 21 heavy (non-hydrogen) atoms. The van der Waals surface area contributed by atoms with Crippen molar-refractivity contribution in [1.82, 2.24) is 0 Å². The van der Waals surface area contributed by atoms with Gasteiger partial charge in [0.1, 0.15) is 11.9 Å². The lowest BCUT2D eigenvalue weighted by molar-refractivity contribution is -0.385. The molecule has 2 aromatic rings. The minimum absolute atomic E-state index is 0.0221. The number of halogens is 2. The lowest BCUT2D eigenvalue weighted by Crippen LogP contribution is -2.01. The van der Waals surface area contributed by atoms with E-state index in [4.69, 9.17) is 5.26 Å². The zero-order chi connectivity index (χ0) is 15.4. The standard InChI is InChI=1S/C14H9BrFN3O2/c15-12-3-1-9(5-14(12)19(20)21)8-18-11-2-4-13(16)10(6-11)7-17/h1-6,18H,8H2. The van der Waals surface area contributed by atoms with Gasteiger partial charge in [0.25, 0.3) is 5.69 Å². The zero-order valence-corrected chi connectivity index (χ0v) is 12.2. The first-order chi connectivity index (χ1) is 10.0. The topological polar surface area (TPSA) is 79.0 Å². The first kappa shape index (κ1) is 14.9. The Morgan fingerprint density at radius 3 is 2.76 bits per heavy atom. The van der Waals surface area contributed by atoms with E-state index in [2.05, 4.69) is 21.2 Å². The van der Waals surface area contributed by atoms with Crippen molar-refractivity contribution in [3.8, 4) is 6.07 Å². The van der Waals surface area contributed by atoms with Gasteiger partial charge in [0.15, 0.2) is 0 Å². The van der Waals surface area contributed by atoms with Gasteiger partial charge >= 0.3 is 0 Å². The van der Waals surface area contributed by atoms with Crippen LogP contribution in [-0.2, 0) is 6.54 Å². The van der Waals surface area contributed by atoms with E-state index < -0.39 is 10.7 Å². The van der Waals surface area contributed by atoms with Gasteiger partial charge in [-0.25, -0.2) is 4.39 Å². The molecule has 0 saturated carbocycles. The smallest absolute Gasteiger partial charge is 0.283 e. The molecule has 0 radical (unpaired) electrons. The summed E-state index contributed by atoms with van der Waals surface area (Å²) < 4.78 is 13.6. The van der Waals surface area contributed by atoms with Crippen LogP contribution in [0.2, 0.25) is 0 Å². The summed E-state index contributed by atoms with van der Waals surface area (Å²) in [5, 5.41) is 22.6. The molecular weight excluding hydrogens is 341 g/mol. The average molecular weight is 350 g/mol. The van der Waals surface area contributed by atoms with Crippen LogP contribution in [0.1, 0.15) is 11.1 Å². The molecular formula is C14H9BrFN3O2. The number of hydrogen-bond donors (Lipinski definition) is 1. The Hall–Kier alpha value is -2.46. The summed E-state index contributed by atoms with van der Waals surface area (Å²) >= 11 is 3.11. The minimum Gasteiger partial charge on any atom is -0.381 e. The van der Waals surface area contributed by atoms with Crippen LogP contribution in [0, 0.1) is 27.3 Å². The molecule has 0 spiro atoms. The predicted octanol–water partition coefficient (Wildman–Crippen LogP) is 3.98. The van der Waals surface area contributed by atoms with Gasteiger partial charge < -0.3 is 5.32 Å². The van der Waals surface area contributed by atoms with Crippen molar-refractivity contribution in [2.24, 2.45) is 0 Å². The van der Waals surface area contributed by atoms with Crippen LogP contribution in [0.5, 0.6) is 0 Å². The number of anilines is 1. The largest absolute Gasteiger partial charge is 0.381 e. The van der Waals surface area contributed by atoms with E-state index in [9.17, 15) is 14.5 Å². The van der Waals surface area contributed by atoms with Gasteiger partial charge in [0.05, 0.1) is 15.0 Å². The van der Waals surface area contributed by atoms with Gasteiger partial charge in [-0.2, -0.15) is 5.26 Å². The third kappa shape index (κ3) is 3.55. The Labute approximate surface area is 128 Å². The number of nitrogens with one attached hydrogen (secondary N) is 1. The summed E-state index contributed by atoms with van der Waals surface area (Å²) in [7, 11) is 0. The van der Waals surface area contributed by atoms with E-state index in [0.29, 0.717) is 22.3 Å². The maximum atomic E-state index is 13.2. The molecule has 0 atom stereocenters. The Morgan fingerprint density at radius 1 is 1.33 bits per heavy atom. The number of benzene rings is 2. The first-order valence-corrected chi connectivity index (χ1v) is 6.67. The highest BCUT2D eigenvalue weighted by Crippen LogP contribution is 2.26. The van der Waals surface area contributed by atoms with Crippen LogP contribution >= 0.6 is 15.9 Å². The monoisotopic (exact) mass is 349 g/mol. The molecule has 0 fully saturated rings. The number of hydrogen-bond acceptors (Lipinski definition) is 4. The van der Waals surface area contributed by atoms with Crippen molar-refractivity contribution in [3.05, 3.63) is 67.9 Å². The number of nitro groups is 1.